The predicted molar refractivity (Wildman–Crippen MR) is 81.2 cm³/mol. The molecule has 0 aromatic carbocycles. The van der Waals surface area contributed by atoms with Gasteiger partial charge in [-0.25, -0.2) is 0 Å². The normalized spacial score (nSPS) is 24.9. The number of nitrogens with one attached hydrogen (secondary N) is 1. The predicted octanol–water partition coefficient (Wildman–Crippen LogP) is 4.49. The third-order valence-corrected chi connectivity index (χ3v) is 5.09. The highest BCUT2D eigenvalue weighted by Crippen LogP contribution is 2.32. The number of rotatable bonds is 6. The number of thiophene rings is 1. The van der Waals surface area contributed by atoms with Gasteiger partial charge >= 0.3 is 0 Å². The van der Waals surface area contributed by atoms with E-state index in [1.165, 1.54) is 58.0 Å². The van der Waals surface area contributed by atoms with Crippen LogP contribution in [0.3, 0.4) is 0 Å². The van der Waals surface area contributed by atoms with Gasteiger partial charge in [0.05, 0.1) is 0 Å². The fourth-order valence-electron chi connectivity index (χ4n) is 3.15. The third kappa shape index (κ3) is 4.40. The van der Waals surface area contributed by atoms with Gasteiger partial charge in [0.1, 0.15) is 0 Å². The molecule has 2 unspecified atom stereocenters. The number of hydrogen-bond acceptors (Lipinski definition) is 2. The summed E-state index contributed by atoms with van der Waals surface area (Å²) in [5.41, 5.74) is 0. The summed E-state index contributed by atoms with van der Waals surface area (Å²) in [5, 5.41) is 5.86. The van der Waals surface area contributed by atoms with Crippen molar-refractivity contribution in [2.24, 2.45) is 11.8 Å². The van der Waals surface area contributed by atoms with Crippen molar-refractivity contribution in [3.05, 3.63) is 22.4 Å². The van der Waals surface area contributed by atoms with Crippen LogP contribution in [0, 0.1) is 11.8 Å². The zero-order valence-electron chi connectivity index (χ0n) is 11.7. The van der Waals surface area contributed by atoms with Crippen LogP contribution in [-0.2, 0) is 6.42 Å². The van der Waals surface area contributed by atoms with Crippen molar-refractivity contribution in [3.63, 3.8) is 0 Å². The van der Waals surface area contributed by atoms with E-state index in [2.05, 4.69) is 29.8 Å². The van der Waals surface area contributed by atoms with Crippen molar-refractivity contribution >= 4 is 11.3 Å². The molecular formula is C16H27NS. The zero-order valence-corrected chi connectivity index (χ0v) is 12.5. The molecule has 1 aliphatic carbocycles. The average molecular weight is 265 g/mol. The molecule has 0 aliphatic heterocycles. The molecule has 1 aliphatic rings. The fourth-order valence-corrected chi connectivity index (χ4v) is 3.95. The lowest BCUT2D eigenvalue weighted by atomic mass is 9.85. The Morgan fingerprint density at radius 3 is 2.78 bits per heavy atom. The van der Waals surface area contributed by atoms with Crippen molar-refractivity contribution in [2.75, 3.05) is 13.1 Å². The molecule has 2 rings (SSSR count). The van der Waals surface area contributed by atoms with E-state index in [9.17, 15) is 0 Å². The second kappa shape index (κ2) is 7.96. The summed E-state index contributed by atoms with van der Waals surface area (Å²) < 4.78 is 0. The summed E-state index contributed by atoms with van der Waals surface area (Å²) in [5.74, 6) is 1.82. The molecule has 0 bridgehead atoms. The summed E-state index contributed by atoms with van der Waals surface area (Å²) in [4.78, 5) is 1.59. The summed E-state index contributed by atoms with van der Waals surface area (Å²) in [7, 11) is 0. The minimum Gasteiger partial charge on any atom is -0.316 e. The maximum Gasteiger partial charge on any atom is 0.00480 e. The molecule has 1 fully saturated rings. The Bertz CT molecular complexity index is 307. The van der Waals surface area contributed by atoms with E-state index in [-0.39, 0.29) is 0 Å². The molecule has 1 N–H and O–H groups in total. The van der Waals surface area contributed by atoms with Crippen molar-refractivity contribution in [1.82, 2.24) is 5.32 Å². The van der Waals surface area contributed by atoms with E-state index in [1.54, 1.807) is 4.88 Å². The molecule has 2 heteroatoms. The maximum absolute atomic E-state index is 3.65. The molecule has 2 atom stereocenters. The van der Waals surface area contributed by atoms with Crippen LogP contribution in [0.4, 0.5) is 0 Å². The molecule has 0 spiro atoms. The van der Waals surface area contributed by atoms with Gasteiger partial charge in [0.25, 0.3) is 0 Å². The van der Waals surface area contributed by atoms with Gasteiger partial charge in [-0.05, 0) is 62.1 Å². The van der Waals surface area contributed by atoms with E-state index in [1.807, 2.05) is 11.3 Å². The first-order chi connectivity index (χ1) is 8.90. The molecule has 1 nitrogen and oxygen atoms in total. The van der Waals surface area contributed by atoms with Crippen LogP contribution in [0.2, 0.25) is 0 Å². The van der Waals surface area contributed by atoms with Gasteiger partial charge in [-0.3, -0.25) is 0 Å². The van der Waals surface area contributed by atoms with Gasteiger partial charge in [0, 0.05) is 4.88 Å². The van der Waals surface area contributed by atoms with Crippen LogP contribution < -0.4 is 5.32 Å². The highest BCUT2D eigenvalue weighted by molar-refractivity contribution is 7.09. The summed E-state index contributed by atoms with van der Waals surface area (Å²) in [6, 6.07) is 4.51. The van der Waals surface area contributed by atoms with Crippen LogP contribution in [0.5, 0.6) is 0 Å². The highest BCUT2D eigenvalue weighted by atomic mass is 32.1. The quantitative estimate of drug-likeness (QED) is 0.590. The lowest BCUT2D eigenvalue weighted by Gasteiger charge is -2.25. The SMILES string of the molecule is CCCNCC1CCCCCC1Cc1cccs1. The number of hydrogen-bond donors (Lipinski definition) is 1. The topological polar surface area (TPSA) is 12.0 Å². The van der Waals surface area contributed by atoms with Gasteiger partial charge in [0.15, 0.2) is 0 Å². The summed E-state index contributed by atoms with van der Waals surface area (Å²) in [6.45, 7) is 4.68. The maximum atomic E-state index is 3.65. The highest BCUT2D eigenvalue weighted by Gasteiger charge is 2.23. The van der Waals surface area contributed by atoms with Gasteiger partial charge in [-0.15, -0.1) is 11.3 Å². The largest absolute Gasteiger partial charge is 0.316 e. The Morgan fingerprint density at radius 2 is 2.06 bits per heavy atom. The first-order valence-corrected chi connectivity index (χ1v) is 8.51. The molecule has 1 aromatic heterocycles. The fraction of sp³-hybridized carbons (Fsp3) is 0.750. The standard InChI is InChI=1S/C16H27NS/c1-2-10-17-13-15-8-5-3-4-7-14(15)12-16-9-6-11-18-16/h6,9,11,14-15,17H,2-5,7-8,10,12-13H2,1H3. The third-order valence-electron chi connectivity index (χ3n) is 4.19. The van der Waals surface area contributed by atoms with Gasteiger partial charge < -0.3 is 5.32 Å². The van der Waals surface area contributed by atoms with Crippen molar-refractivity contribution < 1.29 is 0 Å². The minimum absolute atomic E-state index is 0.904. The van der Waals surface area contributed by atoms with E-state index in [0.717, 1.165) is 11.8 Å². The molecule has 1 saturated carbocycles. The first kappa shape index (κ1) is 14.1. The Kier molecular flexibility index (Phi) is 6.22. The van der Waals surface area contributed by atoms with Crippen LogP contribution in [0.15, 0.2) is 17.5 Å². The Balaban J connectivity index is 1.89. The summed E-state index contributed by atoms with van der Waals surface area (Å²) >= 11 is 1.93. The van der Waals surface area contributed by atoms with E-state index >= 15 is 0 Å². The Labute approximate surface area is 116 Å². The molecule has 0 radical (unpaired) electrons. The van der Waals surface area contributed by atoms with Crippen LogP contribution in [0.1, 0.15) is 50.3 Å². The second-order valence-electron chi connectivity index (χ2n) is 5.65. The smallest absolute Gasteiger partial charge is 0.00480 e. The first-order valence-electron chi connectivity index (χ1n) is 7.63. The van der Waals surface area contributed by atoms with Crippen molar-refractivity contribution in [3.8, 4) is 0 Å². The molecule has 0 saturated heterocycles. The van der Waals surface area contributed by atoms with E-state index in [0.29, 0.717) is 0 Å². The molecule has 18 heavy (non-hydrogen) atoms. The lowest BCUT2D eigenvalue weighted by Crippen LogP contribution is -2.29. The molecule has 1 aromatic rings. The molecule has 1 heterocycles. The van der Waals surface area contributed by atoms with E-state index < -0.39 is 0 Å². The van der Waals surface area contributed by atoms with Crippen LogP contribution in [-0.4, -0.2) is 13.1 Å². The Morgan fingerprint density at radius 1 is 1.22 bits per heavy atom. The summed E-state index contributed by atoms with van der Waals surface area (Å²) in [6.07, 6.45) is 9.78. The lowest BCUT2D eigenvalue weighted by molar-refractivity contribution is 0.299. The van der Waals surface area contributed by atoms with Gasteiger partial charge in [-0.2, -0.15) is 0 Å². The molecule has 0 amide bonds. The zero-order chi connectivity index (χ0) is 12.6. The van der Waals surface area contributed by atoms with Crippen LogP contribution >= 0.6 is 11.3 Å². The average Bonchev–Trinajstić information content (AvgIpc) is 2.78. The van der Waals surface area contributed by atoms with Crippen LogP contribution in [0.25, 0.3) is 0 Å². The van der Waals surface area contributed by atoms with Crippen molar-refractivity contribution in [2.45, 2.75) is 51.9 Å². The second-order valence-corrected chi connectivity index (χ2v) is 6.68. The van der Waals surface area contributed by atoms with Gasteiger partial charge in [0.2, 0.25) is 0 Å². The monoisotopic (exact) mass is 265 g/mol. The van der Waals surface area contributed by atoms with Gasteiger partial charge in [-0.1, -0.05) is 32.3 Å². The molecule has 102 valence electrons. The van der Waals surface area contributed by atoms with E-state index in [4.69, 9.17) is 0 Å². The Hall–Kier alpha value is -0.340. The van der Waals surface area contributed by atoms with Crippen molar-refractivity contribution in [1.29, 1.82) is 0 Å². The minimum atomic E-state index is 0.904. The molecular weight excluding hydrogens is 238 g/mol.